The molecule has 0 unspecified atom stereocenters. The molecule has 0 radical (unpaired) electrons. The van der Waals surface area contributed by atoms with Gasteiger partial charge in [0.15, 0.2) is 0 Å². The number of amides is 1. The van der Waals surface area contributed by atoms with Crippen molar-refractivity contribution >= 4 is 17.4 Å². The first-order chi connectivity index (χ1) is 9.40. The molecule has 0 bridgehead atoms. The first-order valence-electron chi connectivity index (χ1n) is 6.24. The summed E-state index contributed by atoms with van der Waals surface area (Å²) < 4.78 is 1.72. The Morgan fingerprint density at radius 1 is 1.20 bits per heavy atom. The maximum absolute atomic E-state index is 12.5. The van der Waals surface area contributed by atoms with Gasteiger partial charge >= 0.3 is 0 Å². The van der Waals surface area contributed by atoms with Crippen molar-refractivity contribution < 1.29 is 9.59 Å². The molecule has 0 saturated carbocycles. The molecule has 5 heteroatoms. The van der Waals surface area contributed by atoms with Gasteiger partial charge in [-0.3, -0.25) is 9.59 Å². The van der Waals surface area contributed by atoms with Crippen molar-refractivity contribution in [3.05, 3.63) is 52.8 Å². The Balaban J connectivity index is 2.42. The van der Waals surface area contributed by atoms with E-state index in [2.05, 4.69) is 0 Å². The highest BCUT2D eigenvalue weighted by molar-refractivity contribution is 6.09. The average molecular weight is 271 g/mol. The highest BCUT2D eigenvalue weighted by Crippen LogP contribution is 2.19. The van der Waals surface area contributed by atoms with Crippen molar-refractivity contribution in [2.45, 2.75) is 13.3 Å². The SMILES string of the molecule is Cc1cc(CC(N)=O)n(C)c1C(=O)c1ccc(N)cc1. The number of primary amides is 1. The number of hydrogen-bond acceptors (Lipinski definition) is 3. The minimum Gasteiger partial charge on any atom is -0.399 e. The lowest BCUT2D eigenvalue weighted by molar-refractivity contribution is -0.117. The maximum Gasteiger partial charge on any atom is 0.223 e. The molecule has 0 aliphatic heterocycles. The summed E-state index contributed by atoms with van der Waals surface area (Å²) in [5, 5.41) is 0. The fourth-order valence-electron chi connectivity index (χ4n) is 2.27. The zero-order valence-corrected chi connectivity index (χ0v) is 11.5. The van der Waals surface area contributed by atoms with Crippen LogP contribution in [0, 0.1) is 6.92 Å². The number of carbonyl (C=O) groups excluding carboxylic acids is 2. The molecule has 0 spiro atoms. The van der Waals surface area contributed by atoms with Crippen molar-refractivity contribution in [3.8, 4) is 0 Å². The van der Waals surface area contributed by atoms with E-state index in [1.165, 1.54) is 0 Å². The monoisotopic (exact) mass is 271 g/mol. The van der Waals surface area contributed by atoms with Crippen LogP contribution in [0.15, 0.2) is 30.3 Å². The van der Waals surface area contributed by atoms with E-state index in [9.17, 15) is 9.59 Å². The molecule has 0 atom stereocenters. The van der Waals surface area contributed by atoms with Crippen LogP contribution in [0.2, 0.25) is 0 Å². The molecule has 5 nitrogen and oxygen atoms in total. The van der Waals surface area contributed by atoms with Gasteiger partial charge < -0.3 is 16.0 Å². The number of ketones is 1. The largest absolute Gasteiger partial charge is 0.399 e. The number of rotatable bonds is 4. The van der Waals surface area contributed by atoms with Crippen LogP contribution in [0.25, 0.3) is 0 Å². The molecule has 104 valence electrons. The van der Waals surface area contributed by atoms with E-state index in [0.29, 0.717) is 16.9 Å². The number of anilines is 1. The molecule has 4 N–H and O–H groups in total. The predicted molar refractivity (Wildman–Crippen MR) is 77.3 cm³/mol. The summed E-state index contributed by atoms with van der Waals surface area (Å²) in [6.07, 6.45) is 0.117. The fourth-order valence-corrected chi connectivity index (χ4v) is 2.27. The van der Waals surface area contributed by atoms with Crippen LogP contribution < -0.4 is 11.5 Å². The van der Waals surface area contributed by atoms with E-state index in [1.807, 2.05) is 13.0 Å². The van der Waals surface area contributed by atoms with Crippen molar-refractivity contribution in [2.75, 3.05) is 5.73 Å². The summed E-state index contributed by atoms with van der Waals surface area (Å²) in [5.74, 6) is -0.516. The molecule has 0 aliphatic carbocycles. The molecule has 1 heterocycles. The Hall–Kier alpha value is -2.56. The lowest BCUT2D eigenvalue weighted by atomic mass is 10.1. The van der Waals surface area contributed by atoms with Crippen molar-refractivity contribution in [1.29, 1.82) is 0 Å². The van der Waals surface area contributed by atoms with Gasteiger partial charge in [0.25, 0.3) is 0 Å². The van der Waals surface area contributed by atoms with Crippen LogP contribution in [0.3, 0.4) is 0 Å². The third kappa shape index (κ3) is 2.56. The maximum atomic E-state index is 12.5. The van der Waals surface area contributed by atoms with Crippen LogP contribution in [0.5, 0.6) is 0 Å². The molecule has 0 fully saturated rings. The summed E-state index contributed by atoms with van der Waals surface area (Å²) in [6.45, 7) is 1.84. The predicted octanol–water partition coefficient (Wildman–Crippen LogP) is 1.17. The van der Waals surface area contributed by atoms with Gasteiger partial charge in [0.05, 0.1) is 12.1 Å². The molecule has 20 heavy (non-hydrogen) atoms. The lowest BCUT2D eigenvalue weighted by Crippen LogP contribution is -2.17. The van der Waals surface area contributed by atoms with Gasteiger partial charge in [-0.15, -0.1) is 0 Å². The first-order valence-corrected chi connectivity index (χ1v) is 6.24. The normalized spacial score (nSPS) is 10.5. The Bertz CT molecular complexity index is 669. The number of nitrogen functional groups attached to an aromatic ring is 1. The number of nitrogens with two attached hydrogens (primary N) is 2. The number of benzene rings is 1. The van der Waals surface area contributed by atoms with Gasteiger partial charge in [-0.25, -0.2) is 0 Å². The third-order valence-electron chi connectivity index (χ3n) is 3.27. The van der Waals surface area contributed by atoms with Gasteiger partial charge in [-0.05, 0) is 42.8 Å². The highest BCUT2D eigenvalue weighted by Gasteiger charge is 2.18. The number of aryl methyl sites for hydroxylation is 1. The Labute approximate surface area is 117 Å². The zero-order valence-electron chi connectivity index (χ0n) is 11.5. The smallest absolute Gasteiger partial charge is 0.223 e. The summed E-state index contributed by atoms with van der Waals surface area (Å²) >= 11 is 0. The molecule has 0 saturated heterocycles. The van der Waals surface area contributed by atoms with Crippen LogP contribution in [-0.2, 0) is 18.3 Å². The van der Waals surface area contributed by atoms with Gasteiger partial charge in [-0.2, -0.15) is 0 Å². The van der Waals surface area contributed by atoms with Crippen LogP contribution in [0.4, 0.5) is 5.69 Å². The Morgan fingerprint density at radius 3 is 2.35 bits per heavy atom. The molecule has 0 aliphatic rings. The van der Waals surface area contributed by atoms with E-state index in [1.54, 1.807) is 35.9 Å². The van der Waals surface area contributed by atoms with Crippen molar-refractivity contribution in [2.24, 2.45) is 12.8 Å². The summed E-state index contributed by atoms with van der Waals surface area (Å²) in [6, 6.07) is 8.58. The molecule has 2 aromatic rings. The van der Waals surface area contributed by atoms with Crippen molar-refractivity contribution in [1.82, 2.24) is 4.57 Å². The van der Waals surface area contributed by atoms with Crippen LogP contribution in [-0.4, -0.2) is 16.3 Å². The van der Waals surface area contributed by atoms with Gasteiger partial charge in [0.1, 0.15) is 0 Å². The van der Waals surface area contributed by atoms with Gasteiger partial charge in [-0.1, -0.05) is 0 Å². The second kappa shape index (κ2) is 5.21. The Morgan fingerprint density at radius 2 is 1.80 bits per heavy atom. The second-order valence-corrected chi connectivity index (χ2v) is 4.82. The van der Waals surface area contributed by atoms with E-state index in [4.69, 9.17) is 11.5 Å². The standard InChI is InChI=1S/C15H17N3O2/c1-9-7-12(8-13(17)19)18(2)14(9)15(20)10-3-5-11(16)6-4-10/h3-7H,8,16H2,1-2H3,(H2,17,19). The lowest BCUT2D eigenvalue weighted by Gasteiger charge is -2.07. The summed E-state index contributed by atoms with van der Waals surface area (Å²) in [7, 11) is 1.76. The van der Waals surface area contributed by atoms with E-state index in [-0.39, 0.29) is 12.2 Å². The minimum atomic E-state index is -0.419. The van der Waals surface area contributed by atoms with Crippen LogP contribution >= 0.6 is 0 Å². The molecule has 1 aromatic heterocycles. The summed E-state index contributed by atoms with van der Waals surface area (Å²) in [5.41, 5.74) is 14.1. The number of hydrogen-bond donors (Lipinski definition) is 2. The van der Waals surface area contributed by atoms with Crippen molar-refractivity contribution in [3.63, 3.8) is 0 Å². The average Bonchev–Trinajstić information content (AvgIpc) is 2.64. The number of nitrogens with zero attached hydrogens (tertiary/aromatic N) is 1. The molecule has 1 amide bonds. The topological polar surface area (TPSA) is 91.1 Å². The third-order valence-corrected chi connectivity index (χ3v) is 3.27. The van der Waals surface area contributed by atoms with E-state index < -0.39 is 5.91 Å². The zero-order chi connectivity index (χ0) is 14.9. The number of carbonyl (C=O) groups is 2. The quantitative estimate of drug-likeness (QED) is 0.646. The van der Waals surface area contributed by atoms with Gasteiger partial charge in [0, 0.05) is 24.0 Å². The minimum absolute atomic E-state index is 0.0966. The molecular formula is C15H17N3O2. The second-order valence-electron chi connectivity index (χ2n) is 4.82. The van der Waals surface area contributed by atoms with Gasteiger partial charge in [0.2, 0.25) is 11.7 Å². The first kappa shape index (κ1) is 13.9. The van der Waals surface area contributed by atoms with Crippen LogP contribution in [0.1, 0.15) is 27.3 Å². The number of aromatic nitrogens is 1. The van der Waals surface area contributed by atoms with E-state index in [0.717, 1.165) is 11.3 Å². The Kier molecular flexibility index (Phi) is 3.61. The molecule has 1 aromatic carbocycles. The fraction of sp³-hybridized carbons (Fsp3) is 0.200. The molecule has 2 rings (SSSR count). The summed E-state index contributed by atoms with van der Waals surface area (Å²) in [4.78, 5) is 23.5. The van der Waals surface area contributed by atoms with E-state index >= 15 is 0 Å². The molecular weight excluding hydrogens is 254 g/mol. The highest BCUT2D eigenvalue weighted by atomic mass is 16.1.